The Labute approximate surface area is 172 Å². The third-order valence-electron chi connectivity index (χ3n) is 5.54. The van der Waals surface area contributed by atoms with Gasteiger partial charge in [0.25, 0.3) is 0 Å². The second-order valence-electron chi connectivity index (χ2n) is 10.1. The summed E-state index contributed by atoms with van der Waals surface area (Å²) in [5.41, 5.74) is -0.720. The van der Waals surface area contributed by atoms with Crippen molar-refractivity contribution in [2.75, 3.05) is 6.61 Å². The van der Waals surface area contributed by atoms with Gasteiger partial charge in [-0.3, -0.25) is 4.90 Å². The van der Waals surface area contributed by atoms with Crippen LogP contribution in [0.25, 0.3) is 0 Å². The summed E-state index contributed by atoms with van der Waals surface area (Å²) in [5.74, 6) is 0. The number of benzene rings is 1. The summed E-state index contributed by atoms with van der Waals surface area (Å²) >= 11 is 0. The molecule has 0 bridgehead atoms. The molecule has 1 saturated heterocycles. The maximum atomic E-state index is 12.9. The molecule has 0 aromatic heterocycles. The second kappa shape index (κ2) is 7.61. The quantitative estimate of drug-likeness (QED) is 0.410. The predicted molar refractivity (Wildman–Crippen MR) is 109 cm³/mol. The van der Waals surface area contributed by atoms with Gasteiger partial charge in [-0.2, -0.15) is 13.2 Å². The average Bonchev–Trinajstić information content (AvgIpc) is 3.24. The zero-order chi connectivity index (χ0) is 22.4. The lowest BCUT2D eigenvalue weighted by atomic mass is 10.1. The van der Waals surface area contributed by atoms with E-state index in [9.17, 15) is 18.0 Å². The fraction of sp³-hybridized carbons (Fsp3) is 0.667. The zero-order valence-electron chi connectivity index (χ0n) is 18.5. The van der Waals surface area contributed by atoms with Crippen LogP contribution in [0.1, 0.15) is 58.7 Å². The number of hydrogen-bond donors (Lipinski definition) is 0. The number of carbonyl (C=O) groups excluding carboxylic acids is 1. The van der Waals surface area contributed by atoms with E-state index < -0.39 is 31.8 Å². The molecule has 2 atom stereocenters. The van der Waals surface area contributed by atoms with Crippen molar-refractivity contribution in [3.8, 4) is 0 Å². The number of ether oxygens (including phenoxy) is 1. The van der Waals surface area contributed by atoms with Gasteiger partial charge in [-0.15, -0.1) is 0 Å². The van der Waals surface area contributed by atoms with Gasteiger partial charge in [-0.25, -0.2) is 4.79 Å². The van der Waals surface area contributed by atoms with Gasteiger partial charge in [0.05, 0.1) is 24.3 Å². The molecule has 1 aromatic rings. The SMILES string of the molecule is CC(C)(C)OC(=O)N1C(c2ccc(C(F)(F)F)cc2)[C@@H]1CO[Si](C)(C)C(C)(C)C. The average molecular weight is 432 g/mol. The largest absolute Gasteiger partial charge is 0.444 e. The van der Waals surface area contributed by atoms with E-state index in [4.69, 9.17) is 9.16 Å². The first-order valence-corrected chi connectivity index (χ1v) is 12.7. The summed E-state index contributed by atoms with van der Waals surface area (Å²) in [4.78, 5) is 14.2. The molecule has 1 aliphatic heterocycles. The Morgan fingerprint density at radius 3 is 1.97 bits per heavy atom. The van der Waals surface area contributed by atoms with E-state index in [-0.39, 0.29) is 17.1 Å². The smallest absolute Gasteiger partial charge is 0.416 e. The minimum atomic E-state index is -4.39. The lowest BCUT2D eigenvalue weighted by Crippen LogP contribution is -2.42. The van der Waals surface area contributed by atoms with Crippen LogP contribution in [0, 0.1) is 0 Å². The lowest BCUT2D eigenvalue weighted by molar-refractivity contribution is -0.137. The number of carbonyl (C=O) groups is 1. The molecule has 1 aromatic carbocycles. The van der Waals surface area contributed by atoms with E-state index >= 15 is 0 Å². The van der Waals surface area contributed by atoms with Crippen LogP contribution in [0.3, 0.4) is 0 Å². The van der Waals surface area contributed by atoms with E-state index in [1.807, 2.05) is 0 Å². The third-order valence-corrected chi connectivity index (χ3v) is 10.0. The Bertz CT molecular complexity index is 734. The van der Waals surface area contributed by atoms with Gasteiger partial charge in [0.2, 0.25) is 0 Å². The highest BCUT2D eigenvalue weighted by atomic mass is 28.4. The van der Waals surface area contributed by atoms with E-state index in [1.165, 1.54) is 12.1 Å². The molecule has 0 radical (unpaired) electrons. The van der Waals surface area contributed by atoms with Gasteiger partial charge in [0, 0.05) is 0 Å². The number of nitrogens with zero attached hydrogens (tertiary/aromatic N) is 1. The summed E-state index contributed by atoms with van der Waals surface area (Å²) in [7, 11) is -2.03. The van der Waals surface area contributed by atoms with E-state index in [0.717, 1.165) is 12.1 Å². The maximum absolute atomic E-state index is 12.9. The van der Waals surface area contributed by atoms with Crippen LogP contribution in [-0.2, 0) is 15.3 Å². The number of alkyl halides is 3. The van der Waals surface area contributed by atoms with Crippen molar-refractivity contribution in [3.63, 3.8) is 0 Å². The summed E-state index contributed by atoms with van der Waals surface area (Å²) in [6, 6.07) is 4.35. The number of rotatable bonds is 4. The van der Waals surface area contributed by atoms with Crippen LogP contribution in [0.15, 0.2) is 24.3 Å². The van der Waals surface area contributed by atoms with Gasteiger partial charge in [0.1, 0.15) is 5.60 Å². The molecule has 1 amide bonds. The molecule has 1 aliphatic rings. The fourth-order valence-electron chi connectivity index (χ4n) is 2.78. The van der Waals surface area contributed by atoms with Gasteiger partial charge in [0.15, 0.2) is 8.32 Å². The molecule has 1 unspecified atom stereocenters. The first kappa shape index (κ1) is 23.7. The summed E-state index contributed by atoms with van der Waals surface area (Å²) in [6.45, 7) is 16.3. The zero-order valence-corrected chi connectivity index (χ0v) is 19.5. The van der Waals surface area contributed by atoms with Crippen LogP contribution in [0.5, 0.6) is 0 Å². The molecule has 0 aliphatic carbocycles. The van der Waals surface area contributed by atoms with Crippen molar-refractivity contribution in [2.24, 2.45) is 0 Å². The monoisotopic (exact) mass is 431 g/mol. The second-order valence-corrected chi connectivity index (χ2v) is 14.9. The number of hydrogen-bond acceptors (Lipinski definition) is 3. The van der Waals surface area contributed by atoms with E-state index in [0.29, 0.717) is 12.2 Å². The Balaban J connectivity index is 2.21. The Kier molecular flexibility index (Phi) is 6.23. The van der Waals surface area contributed by atoms with Gasteiger partial charge in [-0.1, -0.05) is 32.9 Å². The molecular formula is C21H32F3NO3Si. The normalized spacial score (nSPS) is 20.6. The molecule has 8 heteroatoms. The fourth-order valence-corrected chi connectivity index (χ4v) is 3.80. The predicted octanol–water partition coefficient (Wildman–Crippen LogP) is 6.39. The minimum Gasteiger partial charge on any atom is -0.444 e. The molecule has 1 heterocycles. The maximum Gasteiger partial charge on any atom is 0.416 e. The highest BCUT2D eigenvalue weighted by Gasteiger charge is 2.54. The van der Waals surface area contributed by atoms with Gasteiger partial charge in [-0.05, 0) is 56.6 Å². The van der Waals surface area contributed by atoms with Crippen molar-refractivity contribution >= 4 is 14.4 Å². The molecule has 0 spiro atoms. The molecule has 0 N–H and O–H groups in total. The third kappa shape index (κ3) is 5.75. The van der Waals surface area contributed by atoms with Crippen LogP contribution >= 0.6 is 0 Å². The van der Waals surface area contributed by atoms with E-state index in [1.54, 1.807) is 25.7 Å². The van der Waals surface area contributed by atoms with Crippen molar-refractivity contribution in [1.29, 1.82) is 0 Å². The molecule has 29 heavy (non-hydrogen) atoms. The Hall–Kier alpha value is -1.54. The van der Waals surface area contributed by atoms with Gasteiger partial charge >= 0.3 is 12.3 Å². The molecule has 1 fully saturated rings. The van der Waals surface area contributed by atoms with Crippen LogP contribution in [-0.4, -0.2) is 37.6 Å². The van der Waals surface area contributed by atoms with Crippen LogP contribution in [0.2, 0.25) is 18.1 Å². The molecule has 4 nitrogen and oxygen atoms in total. The number of halogens is 3. The first-order chi connectivity index (χ1) is 12.9. The van der Waals surface area contributed by atoms with Crippen LogP contribution < -0.4 is 0 Å². The minimum absolute atomic E-state index is 0.0164. The molecule has 0 saturated carbocycles. The Morgan fingerprint density at radius 1 is 1.03 bits per heavy atom. The van der Waals surface area contributed by atoms with E-state index in [2.05, 4.69) is 33.9 Å². The molecule has 2 rings (SSSR count). The topological polar surface area (TPSA) is 38.5 Å². The molecular weight excluding hydrogens is 399 g/mol. The highest BCUT2D eigenvalue weighted by molar-refractivity contribution is 6.74. The Morgan fingerprint density at radius 2 is 1.55 bits per heavy atom. The summed E-state index contributed by atoms with van der Waals surface area (Å²) in [6.07, 6.45) is -4.87. The standard InChI is InChI=1S/C21H32F3NO3Si/c1-19(2,3)28-18(26)25-16(13-27-29(7,8)20(4,5)6)17(25)14-9-11-15(12-10-14)21(22,23)24/h9-12,16-17H,13H2,1-8H3/t16-,17?,25?/m0/s1. The van der Waals surface area contributed by atoms with Crippen molar-refractivity contribution in [2.45, 2.75) is 83.5 Å². The van der Waals surface area contributed by atoms with Gasteiger partial charge < -0.3 is 9.16 Å². The van der Waals surface area contributed by atoms with Crippen molar-refractivity contribution < 1.29 is 27.1 Å². The first-order valence-electron chi connectivity index (χ1n) is 9.76. The van der Waals surface area contributed by atoms with Crippen molar-refractivity contribution in [3.05, 3.63) is 35.4 Å². The lowest BCUT2D eigenvalue weighted by Gasteiger charge is -2.36. The van der Waals surface area contributed by atoms with Crippen LogP contribution in [0.4, 0.5) is 18.0 Å². The van der Waals surface area contributed by atoms with Crippen molar-refractivity contribution in [1.82, 2.24) is 4.90 Å². The summed E-state index contributed by atoms with van der Waals surface area (Å²) in [5, 5.41) is 0.0164. The highest BCUT2D eigenvalue weighted by Crippen LogP contribution is 2.46. The number of amides is 1. The molecule has 164 valence electrons. The summed E-state index contributed by atoms with van der Waals surface area (Å²) < 4.78 is 50.4.